The van der Waals surface area contributed by atoms with Crippen LogP contribution in [0.3, 0.4) is 0 Å². The lowest BCUT2D eigenvalue weighted by atomic mass is 10.1. The quantitative estimate of drug-likeness (QED) is 0.718. The summed E-state index contributed by atoms with van der Waals surface area (Å²) in [5.74, 6) is -0.956. The molecular weight excluding hydrogens is 374 g/mol. The van der Waals surface area contributed by atoms with Gasteiger partial charge >= 0.3 is 0 Å². The van der Waals surface area contributed by atoms with Crippen molar-refractivity contribution in [3.05, 3.63) is 59.9 Å². The van der Waals surface area contributed by atoms with Crippen molar-refractivity contribution in [1.82, 2.24) is 19.7 Å². The van der Waals surface area contributed by atoms with Gasteiger partial charge in [-0.05, 0) is 56.8 Å². The van der Waals surface area contributed by atoms with Crippen molar-refractivity contribution < 1.29 is 10.2 Å². The van der Waals surface area contributed by atoms with E-state index < -0.39 is 11.6 Å². The van der Waals surface area contributed by atoms with E-state index in [2.05, 4.69) is 58.2 Å². The molecule has 0 aliphatic carbocycles. The van der Waals surface area contributed by atoms with E-state index in [-0.39, 0.29) is 7.11 Å². The Labute approximate surface area is 170 Å². The first-order chi connectivity index (χ1) is 13.9. The van der Waals surface area contributed by atoms with Crippen molar-refractivity contribution in [3.63, 3.8) is 0 Å². The van der Waals surface area contributed by atoms with E-state index in [1.807, 2.05) is 6.07 Å². The van der Waals surface area contributed by atoms with Crippen molar-refractivity contribution in [2.75, 3.05) is 36.9 Å². The molecule has 0 saturated carbocycles. The number of likely N-dealkylation sites (N-methyl/N-ethyl adjacent to an activating group) is 1. The molecule has 1 saturated heterocycles. The average Bonchev–Trinajstić information content (AvgIpc) is 3.11. The van der Waals surface area contributed by atoms with Crippen LogP contribution in [0.2, 0.25) is 0 Å². The summed E-state index contributed by atoms with van der Waals surface area (Å²) in [6.45, 7) is 7.25. The maximum Gasteiger partial charge on any atom is 0.246 e. The fourth-order valence-electron chi connectivity index (χ4n) is 3.55. The molecule has 1 aliphatic rings. The molecule has 1 N–H and O–H groups in total. The highest BCUT2D eigenvalue weighted by molar-refractivity contribution is 5.64. The zero-order valence-electron chi connectivity index (χ0n) is 16.7. The molecule has 0 amide bonds. The van der Waals surface area contributed by atoms with Crippen molar-refractivity contribution in [2.45, 2.75) is 19.9 Å². The third-order valence-electron chi connectivity index (χ3n) is 5.25. The van der Waals surface area contributed by atoms with Crippen LogP contribution in [0, 0.1) is 18.6 Å². The maximum absolute atomic E-state index is 13.5. The van der Waals surface area contributed by atoms with Crippen molar-refractivity contribution >= 4 is 17.3 Å². The lowest BCUT2D eigenvalue weighted by Crippen LogP contribution is -2.50. The molecule has 4 rings (SSSR count). The minimum Gasteiger partial charge on any atom is -0.369 e. The van der Waals surface area contributed by atoms with Crippen LogP contribution in [0.4, 0.5) is 26.1 Å². The number of anilines is 3. The predicted octanol–water partition coefficient (Wildman–Crippen LogP) is 3.98. The van der Waals surface area contributed by atoms with E-state index in [4.69, 9.17) is 0 Å². The molecule has 8 heteroatoms. The minimum absolute atomic E-state index is 0. The highest BCUT2D eigenvalue weighted by Gasteiger charge is 2.21. The molecule has 0 spiro atoms. The van der Waals surface area contributed by atoms with Crippen LogP contribution < -0.4 is 10.2 Å². The average molecular weight is 400 g/mol. The molecule has 0 bridgehead atoms. The summed E-state index contributed by atoms with van der Waals surface area (Å²) < 4.78 is 28.3. The monoisotopic (exact) mass is 400 g/mol. The Bertz CT molecular complexity index is 1000. The first-order valence-electron chi connectivity index (χ1n) is 9.59. The molecule has 154 valence electrons. The van der Waals surface area contributed by atoms with Crippen LogP contribution >= 0.6 is 0 Å². The molecule has 2 aromatic carbocycles. The zero-order chi connectivity index (χ0) is 20.5. The lowest BCUT2D eigenvalue weighted by Gasteiger charge is -2.39. The summed E-state index contributed by atoms with van der Waals surface area (Å²) in [4.78, 5) is 8.95. The summed E-state index contributed by atoms with van der Waals surface area (Å²) in [5.41, 5.74) is 3.43. The first kappa shape index (κ1) is 19.3. The summed E-state index contributed by atoms with van der Waals surface area (Å²) in [5, 5.41) is 7.49. The summed E-state index contributed by atoms with van der Waals surface area (Å²) >= 11 is 0. The van der Waals surface area contributed by atoms with Gasteiger partial charge in [-0.1, -0.05) is 0 Å². The van der Waals surface area contributed by atoms with E-state index in [1.165, 1.54) is 23.1 Å². The number of piperazine rings is 1. The second-order valence-corrected chi connectivity index (χ2v) is 7.60. The fourth-order valence-corrected chi connectivity index (χ4v) is 3.55. The van der Waals surface area contributed by atoms with Crippen molar-refractivity contribution in [3.8, 4) is 5.69 Å². The number of hydrogen-bond acceptors (Lipinski definition) is 5. The number of benzene rings is 2. The molecule has 1 aliphatic heterocycles. The van der Waals surface area contributed by atoms with Gasteiger partial charge in [-0.2, -0.15) is 4.98 Å². The number of aromatic nitrogens is 3. The Balaban J connectivity index is 0.00000256. The van der Waals surface area contributed by atoms with Crippen LogP contribution in [0.1, 0.15) is 13.9 Å². The molecule has 1 atom stereocenters. The fraction of sp³-hybridized carbons (Fsp3) is 0.333. The highest BCUT2D eigenvalue weighted by atomic mass is 19.1. The van der Waals surface area contributed by atoms with Crippen LogP contribution in [0.15, 0.2) is 42.7 Å². The second-order valence-electron chi connectivity index (χ2n) is 7.60. The van der Waals surface area contributed by atoms with E-state index in [1.54, 1.807) is 0 Å². The smallest absolute Gasteiger partial charge is 0.246 e. The summed E-state index contributed by atoms with van der Waals surface area (Å²) in [7, 11) is 2.15. The standard InChI is InChI=1S/C21H24F2N6.H2/c1-14-6-18(11-19(7-14)28-5-4-27(3)15(2)12-28)25-21-24-13-29(26-21)20-9-16(22)8-17(23)10-20;/h6-11,13,15H,4-5,12H2,1-3H3,(H,25,26);1H. The van der Waals surface area contributed by atoms with Gasteiger partial charge in [-0.15, -0.1) is 5.10 Å². The topological polar surface area (TPSA) is 49.2 Å². The maximum atomic E-state index is 13.5. The van der Waals surface area contributed by atoms with E-state index in [0.717, 1.165) is 42.6 Å². The Kier molecular flexibility index (Phi) is 5.19. The van der Waals surface area contributed by atoms with Gasteiger partial charge in [-0.3, -0.25) is 0 Å². The summed E-state index contributed by atoms with van der Waals surface area (Å²) in [6.07, 6.45) is 1.43. The molecule has 1 fully saturated rings. The Morgan fingerprint density at radius 2 is 1.79 bits per heavy atom. The normalized spacial score (nSPS) is 17.6. The number of halogens is 2. The molecular formula is C21H26F2N6. The molecule has 0 radical (unpaired) electrons. The van der Waals surface area contributed by atoms with Crippen molar-refractivity contribution in [2.24, 2.45) is 0 Å². The van der Waals surface area contributed by atoms with Gasteiger partial charge in [0.25, 0.3) is 0 Å². The van der Waals surface area contributed by atoms with Crippen LogP contribution in [0.5, 0.6) is 0 Å². The minimum atomic E-state index is -0.658. The van der Waals surface area contributed by atoms with Crippen LogP contribution in [-0.2, 0) is 0 Å². The van der Waals surface area contributed by atoms with Gasteiger partial charge in [0.05, 0.1) is 5.69 Å². The first-order valence-corrected chi connectivity index (χ1v) is 9.59. The van der Waals surface area contributed by atoms with E-state index >= 15 is 0 Å². The largest absolute Gasteiger partial charge is 0.369 e. The Hall–Kier alpha value is -3.00. The van der Waals surface area contributed by atoms with E-state index in [9.17, 15) is 8.78 Å². The lowest BCUT2D eigenvalue weighted by molar-refractivity contribution is 0.234. The third kappa shape index (κ3) is 4.37. The van der Waals surface area contributed by atoms with Crippen molar-refractivity contribution in [1.29, 1.82) is 0 Å². The molecule has 29 heavy (non-hydrogen) atoms. The molecule has 3 aromatic rings. The van der Waals surface area contributed by atoms with Gasteiger partial charge in [0.15, 0.2) is 0 Å². The predicted molar refractivity (Wildman–Crippen MR) is 112 cm³/mol. The van der Waals surface area contributed by atoms with Gasteiger partial charge in [-0.25, -0.2) is 13.5 Å². The van der Waals surface area contributed by atoms with Crippen LogP contribution in [0.25, 0.3) is 5.69 Å². The van der Waals surface area contributed by atoms with Gasteiger partial charge in [0, 0.05) is 44.5 Å². The molecule has 2 heterocycles. The Morgan fingerprint density at radius 3 is 2.52 bits per heavy atom. The zero-order valence-corrected chi connectivity index (χ0v) is 16.7. The molecule has 6 nitrogen and oxygen atoms in total. The molecule has 1 unspecified atom stereocenters. The van der Waals surface area contributed by atoms with Gasteiger partial charge in [0.2, 0.25) is 5.95 Å². The number of rotatable bonds is 4. The third-order valence-corrected chi connectivity index (χ3v) is 5.25. The Morgan fingerprint density at radius 1 is 1.03 bits per heavy atom. The summed E-state index contributed by atoms with van der Waals surface area (Å²) in [6, 6.07) is 10.0. The van der Waals surface area contributed by atoms with Crippen LogP contribution in [-0.4, -0.2) is 52.4 Å². The number of hydrogen-bond donors (Lipinski definition) is 1. The number of nitrogens with zero attached hydrogens (tertiary/aromatic N) is 5. The van der Waals surface area contributed by atoms with E-state index in [0.29, 0.717) is 12.0 Å². The second kappa shape index (κ2) is 7.79. The van der Waals surface area contributed by atoms with Gasteiger partial charge < -0.3 is 15.1 Å². The number of aryl methyl sites for hydroxylation is 1. The number of nitrogens with one attached hydrogen (secondary N) is 1. The highest BCUT2D eigenvalue weighted by Crippen LogP contribution is 2.26. The SMILES string of the molecule is Cc1cc(Nc2ncn(-c3cc(F)cc(F)c3)n2)cc(N2CCN(C)C(C)C2)c1.[HH]. The molecule has 1 aromatic heterocycles. The van der Waals surface area contributed by atoms with Gasteiger partial charge in [0.1, 0.15) is 18.0 Å².